The summed E-state index contributed by atoms with van der Waals surface area (Å²) in [6.07, 6.45) is 0. The standard InChI is InChI=1S/C15H19FO5/c1-4-20-13(17)12(14(18)21-5-2)15(3,19)10-7-6-8-11(16)9-10/h6-9,12,19H,4-5H2,1-3H3. The van der Waals surface area contributed by atoms with E-state index in [2.05, 4.69) is 0 Å². The number of esters is 2. The van der Waals surface area contributed by atoms with Gasteiger partial charge in [-0.25, -0.2) is 4.39 Å². The molecule has 0 aliphatic heterocycles. The van der Waals surface area contributed by atoms with Gasteiger partial charge in [0, 0.05) is 0 Å². The van der Waals surface area contributed by atoms with Crippen molar-refractivity contribution >= 4 is 11.9 Å². The van der Waals surface area contributed by atoms with Crippen LogP contribution in [0.15, 0.2) is 24.3 Å². The van der Waals surface area contributed by atoms with E-state index in [9.17, 15) is 19.1 Å². The van der Waals surface area contributed by atoms with E-state index in [4.69, 9.17) is 9.47 Å². The van der Waals surface area contributed by atoms with E-state index in [0.29, 0.717) is 0 Å². The summed E-state index contributed by atoms with van der Waals surface area (Å²) in [5.41, 5.74) is -1.85. The molecule has 0 bridgehead atoms. The molecule has 1 unspecified atom stereocenters. The molecule has 5 nitrogen and oxygen atoms in total. The number of carbonyl (C=O) groups excluding carboxylic acids is 2. The smallest absolute Gasteiger partial charge is 0.323 e. The SMILES string of the molecule is CCOC(=O)C(C(=O)OCC)C(C)(O)c1cccc(F)c1. The minimum Gasteiger partial charge on any atom is -0.465 e. The topological polar surface area (TPSA) is 72.8 Å². The minimum absolute atomic E-state index is 0.0496. The summed E-state index contributed by atoms with van der Waals surface area (Å²) in [4.78, 5) is 24.0. The van der Waals surface area contributed by atoms with Crippen LogP contribution in [0.1, 0.15) is 26.3 Å². The lowest BCUT2D eigenvalue weighted by molar-refractivity contribution is -0.174. The molecule has 1 N–H and O–H groups in total. The molecule has 0 fully saturated rings. The lowest BCUT2D eigenvalue weighted by Crippen LogP contribution is -2.44. The van der Waals surface area contributed by atoms with Crippen LogP contribution in [-0.4, -0.2) is 30.3 Å². The highest BCUT2D eigenvalue weighted by Gasteiger charge is 2.46. The Morgan fingerprint density at radius 1 is 1.24 bits per heavy atom. The fourth-order valence-electron chi connectivity index (χ4n) is 1.98. The van der Waals surface area contributed by atoms with Crippen molar-refractivity contribution in [3.8, 4) is 0 Å². The molecular weight excluding hydrogens is 279 g/mol. The Bertz CT molecular complexity index is 495. The van der Waals surface area contributed by atoms with Crippen molar-refractivity contribution in [3.05, 3.63) is 35.6 Å². The first-order chi connectivity index (χ1) is 9.84. The van der Waals surface area contributed by atoms with Crippen LogP contribution in [-0.2, 0) is 24.7 Å². The molecule has 0 aliphatic carbocycles. The predicted octanol–water partition coefficient (Wildman–Crippen LogP) is 1.78. The van der Waals surface area contributed by atoms with Crippen LogP contribution in [0, 0.1) is 11.7 Å². The van der Waals surface area contributed by atoms with E-state index < -0.39 is 29.3 Å². The van der Waals surface area contributed by atoms with Crippen LogP contribution in [0.4, 0.5) is 4.39 Å². The quantitative estimate of drug-likeness (QED) is 0.640. The third kappa shape index (κ3) is 4.01. The monoisotopic (exact) mass is 298 g/mol. The summed E-state index contributed by atoms with van der Waals surface area (Å²) >= 11 is 0. The van der Waals surface area contributed by atoms with Crippen LogP contribution >= 0.6 is 0 Å². The van der Waals surface area contributed by atoms with E-state index >= 15 is 0 Å². The van der Waals surface area contributed by atoms with Gasteiger partial charge in [0.2, 0.25) is 0 Å². The third-order valence-corrected chi connectivity index (χ3v) is 3.02. The molecule has 0 amide bonds. The number of carbonyl (C=O) groups is 2. The highest BCUT2D eigenvalue weighted by atomic mass is 19.1. The zero-order chi connectivity index (χ0) is 16.0. The molecule has 1 aromatic rings. The van der Waals surface area contributed by atoms with Crippen LogP contribution in [0.25, 0.3) is 0 Å². The summed E-state index contributed by atoms with van der Waals surface area (Å²) in [6, 6.07) is 5.07. The summed E-state index contributed by atoms with van der Waals surface area (Å²) in [5.74, 6) is -3.99. The lowest BCUT2D eigenvalue weighted by atomic mass is 9.82. The Kier molecular flexibility index (Phi) is 5.84. The van der Waals surface area contributed by atoms with Gasteiger partial charge in [-0.3, -0.25) is 9.59 Å². The molecule has 116 valence electrons. The van der Waals surface area contributed by atoms with Crippen molar-refractivity contribution in [1.29, 1.82) is 0 Å². The molecule has 0 saturated carbocycles. The minimum atomic E-state index is -1.94. The summed E-state index contributed by atoms with van der Waals surface area (Å²) in [6.45, 7) is 4.51. The molecule has 0 saturated heterocycles. The Balaban J connectivity index is 3.22. The number of benzene rings is 1. The van der Waals surface area contributed by atoms with Crippen molar-refractivity contribution < 1.29 is 28.6 Å². The summed E-state index contributed by atoms with van der Waals surface area (Å²) in [5, 5.41) is 10.6. The van der Waals surface area contributed by atoms with Gasteiger partial charge >= 0.3 is 11.9 Å². The van der Waals surface area contributed by atoms with Crippen molar-refractivity contribution in [2.24, 2.45) is 5.92 Å². The van der Waals surface area contributed by atoms with Gasteiger partial charge in [0.05, 0.1) is 13.2 Å². The van der Waals surface area contributed by atoms with E-state index in [1.165, 1.54) is 25.1 Å². The normalized spacial score (nSPS) is 13.6. The average Bonchev–Trinajstić information content (AvgIpc) is 2.39. The maximum absolute atomic E-state index is 13.3. The molecule has 0 aromatic heterocycles. The molecule has 21 heavy (non-hydrogen) atoms. The van der Waals surface area contributed by atoms with E-state index in [0.717, 1.165) is 6.07 Å². The highest BCUT2D eigenvalue weighted by molar-refractivity contribution is 5.96. The summed E-state index contributed by atoms with van der Waals surface area (Å²) in [7, 11) is 0. The van der Waals surface area contributed by atoms with Crippen LogP contribution in [0.2, 0.25) is 0 Å². The Morgan fingerprint density at radius 2 is 1.76 bits per heavy atom. The second-order valence-corrected chi connectivity index (χ2v) is 4.59. The predicted molar refractivity (Wildman–Crippen MR) is 72.7 cm³/mol. The molecule has 0 aliphatic rings. The fourth-order valence-corrected chi connectivity index (χ4v) is 1.98. The number of ether oxygens (including phenoxy) is 2. The molecule has 1 atom stereocenters. The van der Waals surface area contributed by atoms with Gasteiger partial charge in [-0.15, -0.1) is 0 Å². The van der Waals surface area contributed by atoms with E-state index in [-0.39, 0.29) is 18.8 Å². The maximum Gasteiger partial charge on any atom is 0.323 e. The molecule has 0 radical (unpaired) electrons. The van der Waals surface area contributed by atoms with Crippen LogP contribution < -0.4 is 0 Å². The average molecular weight is 298 g/mol. The molecule has 1 aromatic carbocycles. The van der Waals surface area contributed by atoms with Crippen LogP contribution in [0.5, 0.6) is 0 Å². The first-order valence-corrected chi connectivity index (χ1v) is 6.66. The maximum atomic E-state index is 13.3. The first kappa shape index (κ1) is 17.1. The van der Waals surface area contributed by atoms with Crippen molar-refractivity contribution in [1.82, 2.24) is 0 Å². The Hall–Kier alpha value is -1.95. The Morgan fingerprint density at radius 3 is 2.19 bits per heavy atom. The number of hydrogen-bond donors (Lipinski definition) is 1. The molecule has 0 spiro atoms. The lowest BCUT2D eigenvalue weighted by Gasteiger charge is -2.30. The molecule has 6 heteroatoms. The summed E-state index contributed by atoms with van der Waals surface area (Å²) < 4.78 is 22.9. The fraction of sp³-hybridized carbons (Fsp3) is 0.467. The largest absolute Gasteiger partial charge is 0.465 e. The zero-order valence-corrected chi connectivity index (χ0v) is 12.3. The van der Waals surface area contributed by atoms with Gasteiger partial charge < -0.3 is 14.6 Å². The van der Waals surface area contributed by atoms with Gasteiger partial charge in [0.15, 0.2) is 5.92 Å². The second kappa shape index (κ2) is 7.17. The van der Waals surface area contributed by atoms with Gasteiger partial charge in [0.25, 0.3) is 0 Å². The van der Waals surface area contributed by atoms with Gasteiger partial charge in [-0.2, -0.15) is 0 Å². The number of halogens is 1. The van der Waals surface area contributed by atoms with Crippen LogP contribution in [0.3, 0.4) is 0 Å². The van der Waals surface area contributed by atoms with Gasteiger partial charge in [-0.1, -0.05) is 12.1 Å². The third-order valence-electron chi connectivity index (χ3n) is 3.02. The molecule has 1 rings (SSSR count). The highest BCUT2D eigenvalue weighted by Crippen LogP contribution is 2.32. The zero-order valence-electron chi connectivity index (χ0n) is 12.3. The second-order valence-electron chi connectivity index (χ2n) is 4.59. The number of rotatable bonds is 6. The first-order valence-electron chi connectivity index (χ1n) is 6.66. The number of aliphatic hydroxyl groups is 1. The van der Waals surface area contributed by atoms with E-state index in [1.807, 2.05) is 0 Å². The number of hydrogen-bond acceptors (Lipinski definition) is 5. The van der Waals surface area contributed by atoms with Crippen molar-refractivity contribution in [2.75, 3.05) is 13.2 Å². The van der Waals surface area contributed by atoms with Gasteiger partial charge in [0.1, 0.15) is 11.4 Å². The molecular formula is C15H19FO5. The van der Waals surface area contributed by atoms with Gasteiger partial charge in [-0.05, 0) is 38.5 Å². The van der Waals surface area contributed by atoms with Crippen molar-refractivity contribution in [3.63, 3.8) is 0 Å². The molecule has 0 heterocycles. The van der Waals surface area contributed by atoms with Crippen molar-refractivity contribution in [2.45, 2.75) is 26.4 Å². The van der Waals surface area contributed by atoms with E-state index in [1.54, 1.807) is 13.8 Å². The Labute approximate surface area is 122 Å².